The lowest BCUT2D eigenvalue weighted by Crippen LogP contribution is -2.03. The fraction of sp³-hybridized carbons (Fsp3) is 0.200. The number of rotatable bonds is 5. The zero-order valence-corrected chi connectivity index (χ0v) is 10.8. The molecule has 4 nitrogen and oxygen atoms in total. The molecule has 0 spiro atoms. The van der Waals surface area contributed by atoms with Gasteiger partial charge in [0.2, 0.25) is 0 Å². The quantitative estimate of drug-likeness (QED) is 0.636. The number of hydrogen-bond acceptors (Lipinski definition) is 3. The molecule has 0 saturated carbocycles. The van der Waals surface area contributed by atoms with E-state index >= 15 is 0 Å². The van der Waals surface area contributed by atoms with Gasteiger partial charge in [-0.05, 0) is 37.6 Å². The zero-order valence-electron chi connectivity index (χ0n) is 10.8. The van der Waals surface area contributed by atoms with Crippen LogP contribution in [0, 0.1) is 0 Å². The molecule has 2 aromatic rings. The first-order valence-electron chi connectivity index (χ1n) is 6.20. The maximum Gasteiger partial charge on any atom is 0.336 e. The minimum absolute atomic E-state index is 0.283. The van der Waals surface area contributed by atoms with Gasteiger partial charge < -0.3 is 10.4 Å². The predicted octanol–water partition coefficient (Wildman–Crippen LogP) is 3.31. The SMILES string of the molecule is C/C=C/CCNc1ccc2c(C(=O)O)cccc2n1. The predicted molar refractivity (Wildman–Crippen MR) is 76.6 cm³/mol. The lowest BCUT2D eigenvalue weighted by molar-refractivity contribution is 0.0699. The van der Waals surface area contributed by atoms with E-state index in [9.17, 15) is 4.79 Å². The van der Waals surface area contributed by atoms with Crippen molar-refractivity contribution in [3.63, 3.8) is 0 Å². The molecule has 0 aliphatic carbocycles. The minimum Gasteiger partial charge on any atom is -0.478 e. The highest BCUT2D eigenvalue weighted by Crippen LogP contribution is 2.19. The maximum atomic E-state index is 11.1. The molecule has 0 aliphatic heterocycles. The Balaban J connectivity index is 2.24. The van der Waals surface area contributed by atoms with E-state index in [1.807, 2.05) is 25.1 Å². The summed E-state index contributed by atoms with van der Waals surface area (Å²) in [5.74, 6) is -0.166. The molecule has 0 aliphatic rings. The zero-order chi connectivity index (χ0) is 13.7. The fourth-order valence-corrected chi connectivity index (χ4v) is 1.89. The number of carbonyl (C=O) groups is 1. The molecular formula is C15H16N2O2. The largest absolute Gasteiger partial charge is 0.478 e. The van der Waals surface area contributed by atoms with Gasteiger partial charge in [0, 0.05) is 11.9 Å². The van der Waals surface area contributed by atoms with Gasteiger partial charge in [-0.1, -0.05) is 18.2 Å². The number of aromatic nitrogens is 1. The highest BCUT2D eigenvalue weighted by atomic mass is 16.4. The first kappa shape index (κ1) is 13.1. The van der Waals surface area contributed by atoms with Crippen LogP contribution in [0.15, 0.2) is 42.5 Å². The summed E-state index contributed by atoms with van der Waals surface area (Å²) < 4.78 is 0. The normalized spacial score (nSPS) is 11.0. The molecule has 0 amide bonds. The molecule has 2 rings (SSSR count). The third kappa shape index (κ3) is 3.10. The summed E-state index contributed by atoms with van der Waals surface area (Å²) in [6.45, 7) is 2.79. The standard InChI is InChI=1S/C15H16N2O2/c1-2-3-4-10-16-14-9-8-11-12(15(18)19)6-5-7-13(11)17-14/h2-3,5-9H,4,10H2,1H3,(H,16,17)(H,18,19)/b3-2+. The van der Waals surface area contributed by atoms with Crippen molar-refractivity contribution in [3.05, 3.63) is 48.0 Å². The summed E-state index contributed by atoms with van der Waals surface area (Å²) in [4.78, 5) is 15.5. The van der Waals surface area contributed by atoms with Gasteiger partial charge in [-0.25, -0.2) is 9.78 Å². The summed E-state index contributed by atoms with van der Waals surface area (Å²) in [6, 6.07) is 8.72. The maximum absolute atomic E-state index is 11.1. The highest BCUT2D eigenvalue weighted by Gasteiger charge is 2.08. The van der Waals surface area contributed by atoms with E-state index in [4.69, 9.17) is 5.11 Å². The van der Waals surface area contributed by atoms with Crippen LogP contribution in [-0.4, -0.2) is 22.6 Å². The van der Waals surface area contributed by atoms with Crippen LogP contribution < -0.4 is 5.32 Å². The van der Waals surface area contributed by atoms with Gasteiger partial charge in [-0.15, -0.1) is 0 Å². The molecule has 0 atom stereocenters. The Hall–Kier alpha value is -2.36. The van der Waals surface area contributed by atoms with Gasteiger partial charge in [0.05, 0.1) is 11.1 Å². The van der Waals surface area contributed by atoms with E-state index in [0.29, 0.717) is 10.9 Å². The second-order valence-electron chi connectivity index (χ2n) is 4.16. The molecule has 1 heterocycles. The van der Waals surface area contributed by atoms with Crippen LogP contribution in [0.25, 0.3) is 10.9 Å². The van der Waals surface area contributed by atoms with Crippen molar-refractivity contribution in [2.45, 2.75) is 13.3 Å². The molecule has 0 fully saturated rings. The summed E-state index contributed by atoms with van der Waals surface area (Å²) in [5, 5.41) is 13.0. The van der Waals surface area contributed by atoms with Crippen LogP contribution >= 0.6 is 0 Å². The Morgan fingerprint density at radius 2 is 2.21 bits per heavy atom. The molecular weight excluding hydrogens is 240 g/mol. The average molecular weight is 256 g/mol. The minimum atomic E-state index is -0.929. The van der Waals surface area contributed by atoms with E-state index in [-0.39, 0.29) is 5.56 Å². The number of pyridine rings is 1. The van der Waals surface area contributed by atoms with Crippen LogP contribution in [0.1, 0.15) is 23.7 Å². The summed E-state index contributed by atoms with van der Waals surface area (Å²) in [7, 11) is 0. The summed E-state index contributed by atoms with van der Waals surface area (Å²) in [5.41, 5.74) is 0.974. The van der Waals surface area contributed by atoms with E-state index in [2.05, 4.69) is 16.4 Å². The number of nitrogens with zero attached hydrogens (tertiary/aromatic N) is 1. The van der Waals surface area contributed by atoms with Gasteiger partial charge >= 0.3 is 5.97 Å². The van der Waals surface area contributed by atoms with Crippen molar-refractivity contribution in [2.24, 2.45) is 0 Å². The number of benzene rings is 1. The van der Waals surface area contributed by atoms with Crippen LogP contribution in [0.5, 0.6) is 0 Å². The number of nitrogens with one attached hydrogen (secondary N) is 1. The molecule has 1 aromatic heterocycles. The molecule has 0 saturated heterocycles. The molecule has 98 valence electrons. The molecule has 0 unspecified atom stereocenters. The first-order chi connectivity index (χ1) is 9.22. The molecule has 0 bridgehead atoms. The van der Waals surface area contributed by atoms with Gasteiger partial charge in [-0.2, -0.15) is 0 Å². The monoisotopic (exact) mass is 256 g/mol. The molecule has 2 N–H and O–H groups in total. The van der Waals surface area contributed by atoms with Crippen molar-refractivity contribution in [2.75, 3.05) is 11.9 Å². The van der Waals surface area contributed by atoms with Crippen LogP contribution in [-0.2, 0) is 0 Å². The second-order valence-corrected chi connectivity index (χ2v) is 4.16. The average Bonchev–Trinajstić information content (AvgIpc) is 2.42. The lowest BCUT2D eigenvalue weighted by Gasteiger charge is -2.06. The summed E-state index contributed by atoms with van der Waals surface area (Å²) in [6.07, 6.45) is 5.02. The number of aromatic carboxylic acids is 1. The summed E-state index contributed by atoms with van der Waals surface area (Å²) >= 11 is 0. The third-order valence-corrected chi connectivity index (χ3v) is 2.82. The smallest absolute Gasteiger partial charge is 0.336 e. The van der Waals surface area contributed by atoms with Crippen LogP contribution in [0.2, 0.25) is 0 Å². The third-order valence-electron chi connectivity index (χ3n) is 2.82. The van der Waals surface area contributed by atoms with Crippen molar-refractivity contribution >= 4 is 22.7 Å². The number of allylic oxidation sites excluding steroid dienone is 1. The number of anilines is 1. The Morgan fingerprint density at radius 3 is 2.95 bits per heavy atom. The molecule has 4 heteroatoms. The molecule has 1 aromatic carbocycles. The van der Waals surface area contributed by atoms with Gasteiger partial charge in [-0.3, -0.25) is 0 Å². The van der Waals surface area contributed by atoms with Gasteiger partial charge in [0.25, 0.3) is 0 Å². The van der Waals surface area contributed by atoms with Crippen molar-refractivity contribution in [1.82, 2.24) is 4.98 Å². The Kier molecular flexibility index (Phi) is 4.13. The molecule has 19 heavy (non-hydrogen) atoms. The Morgan fingerprint density at radius 1 is 1.37 bits per heavy atom. The fourth-order valence-electron chi connectivity index (χ4n) is 1.89. The number of carboxylic acids is 1. The number of carboxylic acid groups (broad SMARTS) is 1. The van der Waals surface area contributed by atoms with Crippen molar-refractivity contribution in [3.8, 4) is 0 Å². The highest BCUT2D eigenvalue weighted by molar-refractivity contribution is 6.02. The van der Waals surface area contributed by atoms with Gasteiger partial charge in [0.15, 0.2) is 0 Å². The van der Waals surface area contributed by atoms with Crippen molar-refractivity contribution < 1.29 is 9.90 Å². The van der Waals surface area contributed by atoms with Crippen LogP contribution in [0.4, 0.5) is 5.82 Å². The van der Waals surface area contributed by atoms with Crippen LogP contribution in [0.3, 0.4) is 0 Å². The number of hydrogen-bond donors (Lipinski definition) is 2. The van der Waals surface area contributed by atoms with Crippen molar-refractivity contribution in [1.29, 1.82) is 0 Å². The molecule has 0 radical (unpaired) electrons. The second kappa shape index (κ2) is 6.00. The topological polar surface area (TPSA) is 62.2 Å². The van der Waals surface area contributed by atoms with E-state index in [1.165, 1.54) is 0 Å². The van der Waals surface area contributed by atoms with E-state index in [0.717, 1.165) is 18.8 Å². The number of fused-ring (bicyclic) bond motifs is 1. The Bertz CT molecular complexity index is 621. The van der Waals surface area contributed by atoms with E-state index < -0.39 is 5.97 Å². The Labute approximate surface area is 111 Å². The lowest BCUT2D eigenvalue weighted by atomic mass is 10.1. The van der Waals surface area contributed by atoms with Gasteiger partial charge in [0.1, 0.15) is 5.82 Å². The first-order valence-corrected chi connectivity index (χ1v) is 6.20. The van der Waals surface area contributed by atoms with E-state index in [1.54, 1.807) is 18.2 Å².